The van der Waals surface area contributed by atoms with Gasteiger partial charge < -0.3 is 4.42 Å². The fourth-order valence-corrected chi connectivity index (χ4v) is 3.76. The minimum atomic E-state index is -0.238. The molecule has 0 unspecified atom stereocenters. The number of carbonyl (C=O) groups excluding carboxylic acids is 1. The highest BCUT2D eigenvalue weighted by Gasteiger charge is 2.14. The Morgan fingerprint density at radius 1 is 1.21 bits per heavy atom. The Kier molecular flexibility index (Phi) is 3.91. The molecular formula is C20H15N5O2S. The zero-order chi connectivity index (χ0) is 19.1. The molecule has 0 aliphatic rings. The van der Waals surface area contributed by atoms with Crippen LogP contribution in [0.3, 0.4) is 0 Å². The molecule has 3 aromatic heterocycles. The Balaban J connectivity index is 1.38. The largest absolute Gasteiger partial charge is 0.454 e. The average Bonchev–Trinajstić information content (AvgIpc) is 3.44. The number of nitrogens with one attached hydrogen (secondary N) is 1. The molecule has 0 radical (unpaired) electrons. The molecule has 0 atom stereocenters. The molecule has 0 fully saturated rings. The van der Waals surface area contributed by atoms with E-state index >= 15 is 0 Å². The van der Waals surface area contributed by atoms with Crippen molar-refractivity contribution in [1.29, 1.82) is 0 Å². The molecule has 0 saturated carbocycles. The van der Waals surface area contributed by atoms with Gasteiger partial charge in [-0.25, -0.2) is 9.67 Å². The third-order valence-corrected chi connectivity index (χ3v) is 5.24. The second kappa shape index (κ2) is 6.58. The molecule has 2 aromatic carbocycles. The summed E-state index contributed by atoms with van der Waals surface area (Å²) in [6.07, 6.45) is 0. The lowest BCUT2D eigenvalue weighted by Crippen LogP contribution is -2.11. The second-order valence-electron chi connectivity index (χ2n) is 6.25. The third-order valence-electron chi connectivity index (χ3n) is 4.48. The van der Waals surface area contributed by atoms with Crippen LogP contribution in [0, 0.1) is 0 Å². The van der Waals surface area contributed by atoms with Gasteiger partial charge in [0.15, 0.2) is 10.9 Å². The Labute approximate surface area is 163 Å². The first-order valence-corrected chi connectivity index (χ1v) is 9.68. The molecule has 0 aliphatic heterocycles. The molecule has 5 aromatic rings. The molecule has 5 rings (SSSR count). The summed E-state index contributed by atoms with van der Waals surface area (Å²) in [6, 6.07) is 15.1. The van der Waals surface area contributed by atoms with Crippen LogP contribution in [0.2, 0.25) is 0 Å². The number of para-hydroxylation sites is 1. The highest BCUT2D eigenvalue weighted by molar-refractivity contribution is 7.14. The van der Waals surface area contributed by atoms with Gasteiger partial charge in [0.05, 0.1) is 5.52 Å². The second-order valence-corrected chi connectivity index (χ2v) is 7.11. The summed E-state index contributed by atoms with van der Waals surface area (Å²) in [6.45, 7) is 2.72. The van der Waals surface area contributed by atoms with Crippen LogP contribution in [0.25, 0.3) is 33.5 Å². The minimum Gasteiger partial charge on any atom is -0.454 e. The zero-order valence-electron chi connectivity index (χ0n) is 14.9. The van der Waals surface area contributed by atoms with Gasteiger partial charge in [0, 0.05) is 22.9 Å². The quantitative estimate of drug-likeness (QED) is 0.486. The monoisotopic (exact) mass is 389 g/mol. The van der Waals surface area contributed by atoms with Crippen LogP contribution in [-0.4, -0.2) is 25.9 Å². The lowest BCUT2D eigenvalue weighted by molar-refractivity contribution is 0.102. The predicted octanol–water partition coefficient (Wildman–Crippen LogP) is 4.57. The van der Waals surface area contributed by atoms with Crippen LogP contribution >= 0.6 is 11.3 Å². The Morgan fingerprint density at radius 2 is 2.11 bits per heavy atom. The first-order valence-electron chi connectivity index (χ1n) is 8.80. The molecule has 1 amide bonds. The summed E-state index contributed by atoms with van der Waals surface area (Å²) in [4.78, 5) is 17.1. The van der Waals surface area contributed by atoms with E-state index in [1.165, 1.54) is 11.3 Å². The van der Waals surface area contributed by atoms with Crippen LogP contribution in [0.5, 0.6) is 0 Å². The maximum Gasteiger partial charge on any atom is 0.257 e. The zero-order valence-corrected chi connectivity index (χ0v) is 15.7. The first kappa shape index (κ1) is 16.6. The van der Waals surface area contributed by atoms with E-state index in [0.29, 0.717) is 27.7 Å². The van der Waals surface area contributed by atoms with E-state index in [2.05, 4.69) is 20.6 Å². The number of benzene rings is 2. The molecule has 0 aliphatic carbocycles. The summed E-state index contributed by atoms with van der Waals surface area (Å²) >= 11 is 1.35. The number of aryl methyl sites for hydroxylation is 1. The van der Waals surface area contributed by atoms with E-state index in [1.807, 2.05) is 48.7 Å². The van der Waals surface area contributed by atoms with Gasteiger partial charge in [0.2, 0.25) is 0 Å². The van der Waals surface area contributed by atoms with Gasteiger partial charge in [-0.15, -0.1) is 16.4 Å². The lowest BCUT2D eigenvalue weighted by atomic mass is 10.2. The van der Waals surface area contributed by atoms with E-state index in [0.717, 1.165) is 23.0 Å². The number of carbonyl (C=O) groups is 1. The molecule has 28 heavy (non-hydrogen) atoms. The van der Waals surface area contributed by atoms with Gasteiger partial charge in [0.25, 0.3) is 5.91 Å². The number of hydrogen-bond donors (Lipinski definition) is 1. The van der Waals surface area contributed by atoms with Gasteiger partial charge in [-0.2, -0.15) is 0 Å². The SMILES string of the molecule is CCn1nnc2cc(C(=O)Nc3nc(-c4cc5ccccc5o4)cs3)ccc21. The van der Waals surface area contributed by atoms with E-state index < -0.39 is 0 Å². The highest BCUT2D eigenvalue weighted by atomic mass is 32.1. The van der Waals surface area contributed by atoms with E-state index in [9.17, 15) is 4.79 Å². The van der Waals surface area contributed by atoms with E-state index in [-0.39, 0.29) is 5.91 Å². The van der Waals surface area contributed by atoms with Gasteiger partial charge >= 0.3 is 0 Å². The van der Waals surface area contributed by atoms with Crippen molar-refractivity contribution in [3.8, 4) is 11.5 Å². The van der Waals surface area contributed by atoms with Gasteiger partial charge in [-0.3, -0.25) is 10.1 Å². The molecule has 0 saturated heterocycles. The van der Waals surface area contributed by atoms with Crippen molar-refractivity contribution in [2.75, 3.05) is 5.32 Å². The molecule has 8 heteroatoms. The summed E-state index contributed by atoms with van der Waals surface area (Å²) in [5.41, 5.74) is 3.61. The molecule has 7 nitrogen and oxygen atoms in total. The lowest BCUT2D eigenvalue weighted by Gasteiger charge is -2.02. The third kappa shape index (κ3) is 2.84. The number of hydrogen-bond acceptors (Lipinski definition) is 6. The summed E-state index contributed by atoms with van der Waals surface area (Å²) in [5, 5.41) is 14.4. The predicted molar refractivity (Wildman–Crippen MR) is 108 cm³/mol. The number of aromatic nitrogens is 4. The number of fused-ring (bicyclic) bond motifs is 2. The summed E-state index contributed by atoms with van der Waals surface area (Å²) < 4.78 is 7.62. The van der Waals surface area contributed by atoms with Gasteiger partial charge in [0.1, 0.15) is 16.8 Å². The van der Waals surface area contributed by atoms with Crippen molar-refractivity contribution < 1.29 is 9.21 Å². The highest BCUT2D eigenvalue weighted by Crippen LogP contribution is 2.30. The Morgan fingerprint density at radius 3 is 2.96 bits per heavy atom. The maximum atomic E-state index is 12.6. The number of rotatable bonds is 4. The van der Waals surface area contributed by atoms with Crippen molar-refractivity contribution >= 4 is 44.4 Å². The first-order chi connectivity index (χ1) is 13.7. The number of furan rings is 1. The van der Waals surface area contributed by atoms with Crippen LogP contribution in [0.15, 0.2) is 58.3 Å². The van der Waals surface area contributed by atoms with Gasteiger partial charge in [-0.1, -0.05) is 23.4 Å². The number of thiazole rings is 1. The van der Waals surface area contributed by atoms with E-state index in [4.69, 9.17) is 4.42 Å². The van der Waals surface area contributed by atoms with Crippen molar-refractivity contribution in [2.45, 2.75) is 13.5 Å². The number of nitrogens with zero attached hydrogens (tertiary/aromatic N) is 4. The van der Waals surface area contributed by atoms with E-state index in [1.54, 1.807) is 16.8 Å². The van der Waals surface area contributed by atoms with Gasteiger partial charge in [-0.05, 0) is 37.3 Å². The molecular weight excluding hydrogens is 374 g/mol. The maximum absolute atomic E-state index is 12.6. The standard InChI is InChI=1S/C20H15N5O2S/c1-2-25-16-8-7-13(9-14(16)23-24-25)19(26)22-20-21-15(11-28-20)18-10-12-5-3-4-6-17(12)27-18/h3-11H,2H2,1H3,(H,21,22,26). The minimum absolute atomic E-state index is 0.238. The number of amides is 1. The Bertz CT molecular complexity index is 1280. The fourth-order valence-electron chi connectivity index (χ4n) is 3.07. The molecule has 3 heterocycles. The molecule has 138 valence electrons. The van der Waals surface area contributed by atoms with Crippen molar-refractivity contribution in [3.63, 3.8) is 0 Å². The summed E-state index contributed by atoms with van der Waals surface area (Å²) in [7, 11) is 0. The topological polar surface area (TPSA) is 85.8 Å². The van der Waals surface area contributed by atoms with Crippen molar-refractivity contribution in [2.24, 2.45) is 0 Å². The van der Waals surface area contributed by atoms with Crippen LogP contribution in [0.4, 0.5) is 5.13 Å². The summed E-state index contributed by atoms with van der Waals surface area (Å²) in [5.74, 6) is 0.439. The fraction of sp³-hybridized carbons (Fsp3) is 0.100. The molecule has 0 spiro atoms. The molecule has 0 bridgehead atoms. The van der Waals surface area contributed by atoms with Crippen LogP contribution in [0.1, 0.15) is 17.3 Å². The Hall–Kier alpha value is -3.52. The number of anilines is 1. The molecule has 1 N–H and O–H groups in total. The van der Waals surface area contributed by atoms with Crippen molar-refractivity contribution in [3.05, 3.63) is 59.5 Å². The van der Waals surface area contributed by atoms with Crippen molar-refractivity contribution in [1.82, 2.24) is 20.0 Å². The van der Waals surface area contributed by atoms with Crippen LogP contribution in [-0.2, 0) is 6.54 Å². The van der Waals surface area contributed by atoms with Crippen LogP contribution < -0.4 is 5.32 Å². The normalized spacial score (nSPS) is 11.3. The average molecular weight is 389 g/mol. The smallest absolute Gasteiger partial charge is 0.257 e.